The number of hydrogen-bond donors (Lipinski definition) is 1. The van der Waals surface area contributed by atoms with E-state index in [1.54, 1.807) is 6.20 Å². The van der Waals surface area contributed by atoms with Crippen molar-refractivity contribution in [3.63, 3.8) is 0 Å². The zero-order valence-electron chi connectivity index (χ0n) is 10.8. The van der Waals surface area contributed by atoms with E-state index in [-0.39, 0.29) is 5.03 Å². The lowest BCUT2D eigenvalue weighted by Gasteiger charge is -2.34. The summed E-state index contributed by atoms with van der Waals surface area (Å²) in [6.45, 7) is 2.14. The molecule has 0 saturated carbocycles. The number of H-pyrrole nitrogens is 1. The average molecular weight is 293 g/mol. The molecule has 7 nitrogen and oxygen atoms in total. The van der Waals surface area contributed by atoms with Crippen LogP contribution >= 0.6 is 0 Å². The molecule has 8 heteroatoms. The molecule has 0 atom stereocenters. The molecule has 20 heavy (non-hydrogen) atoms. The molecule has 106 valence electrons. The van der Waals surface area contributed by atoms with Gasteiger partial charge in [-0.25, -0.2) is 13.4 Å². The monoisotopic (exact) mass is 293 g/mol. The molecule has 1 N–H and O–H groups in total. The molecule has 0 aromatic carbocycles. The molecule has 3 heterocycles. The van der Waals surface area contributed by atoms with Crippen LogP contribution in [-0.2, 0) is 10.0 Å². The summed E-state index contributed by atoms with van der Waals surface area (Å²) in [6.07, 6.45) is 3.18. The van der Waals surface area contributed by atoms with Crippen LogP contribution < -0.4 is 4.90 Å². The van der Waals surface area contributed by atoms with Crippen LogP contribution in [0, 0.1) is 0 Å². The van der Waals surface area contributed by atoms with Crippen molar-refractivity contribution in [2.24, 2.45) is 0 Å². The zero-order valence-corrected chi connectivity index (χ0v) is 11.6. The summed E-state index contributed by atoms with van der Waals surface area (Å²) >= 11 is 0. The van der Waals surface area contributed by atoms with Crippen molar-refractivity contribution >= 4 is 15.8 Å². The largest absolute Gasteiger partial charge is 0.354 e. The molecule has 1 aliphatic heterocycles. The fourth-order valence-electron chi connectivity index (χ4n) is 2.22. The minimum atomic E-state index is -3.46. The Hall–Kier alpha value is -1.93. The molecule has 0 unspecified atom stereocenters. The van der Waals surface area contributed by atoms with Gasteiger partial charge < -0.3 is 4.90 Å². The summed E-state index contributed by atoms with van der Waals surface area (Å²) in [4.78, 5) is 6.36. The van der Waals surface area contributed by atoms with Crippen LogP contribution in [0.3, 0.4) is 0 Å². The van der Waals surface area contributed by atoms with E-state index in [2.05, 4.69) is 20.1 Å². The molecule has 1 fully saturated rings. The molecule has 2 aromatic heterocycles. The van der Waals surface area contributed by atoms with Crippen molar-refractivity contribution in [2.45, 2.75) is 5.03 Å². The number of pyridine rings is 1. The van der Waals surface area contributed by atoms with Crippen molar-refractivity contribution < 1.29 is 8.42 Å². The molecule has 0 spiro atoms. The molecule has 0 amide bonds. The Labute approximate surface area is 117 Å². The van der Waals surface area contributed by atoms with Gasteiger partial charge in [-0.1, -0.05) is 6.07 Å². The van der Waals surface area contributed by atoms with Crippen LogP contribution in [0.25, 0.3) is 0 Å². The van der Waals surface area contributed by atoms with Crippen LogP contribution in [-0.4, -0.2) is 54.1 Å². The van der Waals surface area contributed by atoms with Gasteiger partial charge in [0.1, 0.15) is 5.82 Å². The number of nitrogens with zero attached hydrogens (tertiary/aromatic N) is 4. The first-order valence-electron chi connectivity index (χ1n) is 6.33. The van der Waals surface area contributed by atoms with Gasteiger partial charge >= 0.3 is 0 Å². The Morgan fingerprint density at radius 2 is 1.85 bits per heavy atom. The second-order valence-electron chi connectivity index (χ2n) is 4.50. The molecule has 0 radical (unpaired) electrons. The van der Waals surface area contributed by atoms with E-state index in [1.807, 2.05) is 18.2 Å². The van der Waals surface area contributed by atoms with Gasteiger partial charge in [-0.05, 0) is 18.2 Å². The minimum Gasteiger partial charge on any atom is -0.354 e. The predicted octanol–water partition coefficient (Wildman–Crippen LogP) is 0.316. The van der Waals surface area contributed by atoms with E-state index < -0.39 is 10.0 Å². The number of aromatic amines is 1. The van der Waals surface area contributed by atoms with Crippen molar-refractivity contribution in [1.29, 1.82) is 0 Å². The maximum absolute atomic E-state index is 12.3. The van der Waals surface area contributed by atoms with Gasteiger partial charge in [-0.2, -0.15) is 9.40 Å². The van der Waals surface area contributed by atoms with Gasteiger partial charge in [0.2, 0.25) is 0 Å². The van der Waals surface area contributed by atoms with Gasteiger partial charge in [0.05, 0.1) is 6.20 Å². The third-order valence-corrected chi connectivity index (χ3v) is 5.13. The molecule has 1 aliphatic rings. The number of hydrogen-bond acceptors (Lipinski definition) is 5. The Morgan fingerprint density at radius 3 is 2.45 bits per heavy atom. The normalized spacial score (nSPS) is 17.3. The zero-order chi connectivity index (χ0) is 14.0. The van der Waals surface area contributed by atoms with Gasteiger partial charge in [-0.15, -0.1) is 0 Å². The van der Waals surface area contributed by atoms with E-state index in [4.69, 9.17) is 0 Å². The van der Waals surface area contributed by atoms with E-state index in [0.29, 0.717) is 26.2 Å². The summed E-state index contributed by atoms with van der Waals surface area (Å²) in [6, 6.07) is 7.19. The fourth-order valence-corrected chi connectivity index (χ4v) is 3.55. The van der Waals surface area contributed by atoms with E-state index in [9.17, 15) is 8.42 Å². The number of anilines is 1. The third kappa shape index (κ3) is 2.39. The maximum Gasteiger partial charge on any atom is 0.260 e. The Balaban J connectivity index is 1.70. The van der Waals surface area contributed by atoms with Crippen LogP contribution in [0.2, 0.25) is 0 Å². The Bertz CT molecular complexity index is 648. The summed E-state index contributed by atoms with van der Waals surface area (Å²) in [5.41, 5.74) is 0. The van der Waals surface area contributed by atoms with Crippen molar-refractivity contribution in [2.75, 3.05) is 31.1 Å². The van der Waals surface area contributed by atoms with Crippen LogP contribution in [0.5, 0.6) is 0 Å². The second kappa shape index (κ2) is 5.22. The first-order chi connectivity index (χ1) is 9.68. The molecular weight excluding hydrogens is 278 g/mol. The predicted molar refractivity (Wildman–Crippen MR) is 73.8 cm³/mol. The minimum absolute atomic E-state index is 0.142. The van der Waals surface area contributed by atoms with Gasteiger partial charge in [0, 0.05) is 32.4 Å². The summed E-state index contributed by atoms with van der Waals surface area (Å²) in [5, 5.41) is 6.35. The smallest absolute Gasteiger partial charge is 0.260 e. The van der Waals surface area contributed by atoms with Crippen LogP contribution in [0.1, 0.15) is 0 Å². The maximum atomic E-state index is 12.3. The fraction of sp³-hybridized carbons (Fsp3) is 0.333. The van der Waals surface area contributed by atoms with Crippen LogP contribution in [0.15, 0.2) is 41.7 Å². The SMILES string of the molecule is O=S(=O)(c1ccn[nH]1)N1CCN(c2ccccn2)CC1. The van der Waals surface area contributed by atoms with Gasteiger partial charge in [0.25, 0.3) is 10.0 Å². The highest BCUT2D eigenvalue weighted by molar-refractivity contribution is 7.89. The molecule has 0 bridgehead atoms. The van der Waals surface area contributed by atoms with Gasteiger partial charge in [-0.3, -0.25) is 5.10 Å². The average Bonchev–Trinajstić information content (AvgIpc) is 3.03. The highest BCUT2D eigenvalue weighted by Gasteiger charge is 2.29. The first-order valence-corrected chi connectivity index (χ1v) is 7.77. The van der Waals surface area contributed by atoms with E-state index >= 15 is 0 Å². The standard InChI is InChI=1S/C12H15N5O2S/c18-20(19,12-4-6-14-15-12)17-9-7-16(8-10-17)11-3-1-2-5-13-11/h1-6H,7-10H2,(H,14,15). The third-order valence-electron chi connectivity index (χ3n) is 3.30. The number of rotatable bonds is 3. The Morgan fingerprint density at radius 1 is 1.05 bits per heavy atom. The number of aromatic nitrogens is 3. The summed E-state index contributed by atoms with van der Waals surface area (Å²) in [5.74, 6) is 0.881. The van der Waals surface area contributed by atoms with E-state index in [0.717, 1.165) is 5.82 Å². The first kappa shape index (κ1) is 13.1. The molecule has 1 saturated heterocycles. The highest BCUT2D eigenvalue weighted by Crippen LogP contribution is 2.18. The number of sulfonamides is 1. The molecule has 2 aromatic rings. The van der Waals surface area contributed by atoms with Crippen molar-refractivity contribution in [1.82, 2.24) is 19.5 Å². The van der Waals surface area contributed by atoms with Gasteiger partial charge in [0.15, 0.2) is 5.03 Å². The molecule has 0 aliphatic carbocycles. The Kier molecular flexibility index (Phi) is 3.41. The van der Waals surface area contributed by atoms with Crippen LogP contribution in [0.4, 0.5) is 5.82 Å². The summed E-state index contributed by atoms with van der Waals surface area (Å²) in [7, 11) is -3.46. The topological polar surface area (TPSA) is 82.2 Å². The second-order valence-corrected chi connectivity index (χ2v) is 6.41. The van der Waals surface area contributed by atoms with Crippen molar-refractivity contribution in [3.8, 4) is 0 Å². The molecular formula is C12H15N5O2S. The highest BCUT2D eigenvalue weighted by atomic mass is 32.2. The lowest BCUT2D eigenvalue weighted by Crippen LogP contribution is -2.49. The summed E-state index contributed by atoms with van der Waals surface area (Å²) < 4.78 is 26.1. The lowest BCUT2D eigenvalue weighted by molar-refractivity contribution is 0.382. The van der Waals surface area contributed by atoms with Crippen molar-refractivity contribution in [3.05, 3.63) is 36.7 Å². The quantitative estimate of drug-likeness (QED) is 0.881. The lowest BCUT2D eigenvalue weighted by atomic mass is 10.3. The number of nitrogens with one attached hydrogen (secondary N) is 1. The number of piperazine rings is 1. The molecule has 3 rings (SSSR count). The van der Waals surface area contributed by atoms with E-state index in [1.165, 1.54) is 16.6 Å².